The van der Waals surface area contributed by atoms with E-state index in [4.69, 9.17) is 0 Å². The van der Waals surface area contributed by atoms with Crippen LogP contribution in [-0.4, -0.2) is 19.1 Å². The number of ketones is 1. The average molecular weight is 331 g/mol. The summed E-state index contributed by atoms with van der Waals surface area (Å²) in [6.07, 6.45) is 1.15. The zero-order chi connectivity index (χ0) is 17.0. The third kappa shape index (κ3) is 3.70. The first-order valence-electron chi connectivity index (χ1n) is 6.59. The van der Waals surface area contributed by atoms with Gasteiger partial charge in [-0.25, -0.2) is 8.42 Å². The Hall–Kier alpha value is -2.80. The molecule has 0 amide bonds. The van der Waals surface area contributed by atoms with Crippen LogP contribution >= 0.6 is 0 Å². The second kappa shape index (κ2) is 6.53. The maximum absolute atomic E-state index is 12.6. The lowest BCUT2D eigenvalue weighted by Gasteiger charge is -2.06. The molecule has 0 N–H and O–H groups in total. The molecule has 0 bridgehead atoms. The molecule has 0 aliphatic rings. The molecule has 0 radical (unpaired) electrons. The van der Waals surface area contributed by atoms with Crippen molar-refractivity contribution in [3.63, 3.8) is 0 Å². The highest BCUT2D eigenvalue weighted by molar-refractivity contribution is 7.96. The molecule has 2 aromatic rings. The molecule has 7 heteroatoms. The van der Waals surface area contributed by atoms with Crippen molar-refractivity contribution in [1.82, 2.24) is 0 Å². The van der Waals surface area contributed by atoms with Crippen LogP contribution in [0.2, 0.25) is 0 Å². The van der Waals surface area contributed by atoms with E-state index in [-0.39, 0.29) is 16.1 Å². The molecule has 6 nitrogen and oxygen atoms in total. The normalized spacial score (nSPS) is 12.0. The lowest BCUT2D eigenvalue weighted by molar-refractivity contribution is -0.384. The van der Waals surface area contributed by atoms with Gasteiger partial charge < -0.3 is 0 Å². The smallest absolute Gasteiger partial charge is 0.270 e. The summed E-state index contributed by atoms with van der Waals surface area (Å²) >= 11 is 0. The predicted octanol–water partition coefficient (Wildman–Crippen LogP) is 3.00. The molecule has 2 aromatic carbocycles. The monoisotopic (exact) mass is 331 g/mol. The molecule has 23 heavy (non-hydrogen) atoms. The second-order valence-corrected chi connectivity index (χ2v) is 6.65. The van der Waals surface area contributed by atoms with Crippen LogP contribution in [0.25, 0.3) is 6.08 Å². The number of non-ortho nitro benzene ring substituents is 1. The Kier molecular flexibility index (Phi) is 4.71. The zero-order valence-electron chi connectivity index (χ0n) is 12.2. The van der Waals surface area contributed by atoms with Crippen molar-refractivity contribution in [2.75, 3.05) is 0 Å². The summed E-state index contributed by atoms with van der Waals surface area (Å²) in [6.45, 7) is 1.14. The highest BCUT2D eigenvalue weighted by Crippen LogP contribution is 2.23. The Morgan fingerprint density at radius 3 is 2.30 bits per heavy atom. The van der Waals surface area contributed by atoms with Crippen LogP contribution < -0.4 is 0 Å². The first kappa shape index (κ1) is 16.6. The lowest BCUT2D eigenvalue weighted by Crippen LogP contribution is -2.11. The maximum atomic E-state index is 12.6. The van der Waals surface area contributed by atoms with Crippen molar-refractivity contribution in [3.8, 4) is 0 Å². The van der Waals surface area contributed by atoms with Crippen molar-refractivity contribution in [2.45, 2.75) is 11.8 Å². The molecule has 0 unspecified atom stereocenters. The van der Waals surface area contributed by atoms with E-state index in [1.807, 2.05) is 0 Å². The summed E-state index contributed by atoms with van der Waals surface area (Å²) in [7, 11) is -3.99. The standard InChI is InChI=1S/C16H13NO5S/c1-12(18)16(23(21,22)15-8-3-2-4-9-15)11-13-6-5-7-14(10-13)17(19)20/h2-11H,1H3/b16-11+. The van der Waals surface area contributed by atoms with Crippen molar-refractivity contribution >= 4 is 27.4 Å². The number of carbonyl (C=O) groups excluding carboxylic acids is 1. The second-order valence-electron chi connectivity index (χ2n) is 4.73. The quantitative estimate of drug-likeness (QED) is 0.477. The third-order valence-electron chi connectivity index (χ3n) is 3.07. The van der Waals surface area contributed by atoms with Crippen LogP contribution in [0.3, 0.4) is 0 Å². The number of hydrogen-bond acceptors (Lipinski definition) is 5. The van der Waals surface area contributed by atoms with E-state index >= 15 is 0 Å². The number of carbonyl (C=O) groups is 1. The van der Waals surface area contributed by atoms with E-state index in [0.717, 1.165) is 13.0 Å². The molecule has 0 aliphatic heterocycles. The Bertz CT molecular complexity index is 886. The van der Waals surface area contributed by atoms with E-state index < -0.39 is 25.4 Å². The Balaban J connectivity index is 2.57. The Morgan fingerprint density at radius 2 is 1.74 bits per heavy atom. The number of hydrogen-bond donors (Lipinski definition) is 0. The first-order chi connectivity index (χ1) is 10.8. The van der Waals surface area contributed by atoms with Crippen LogP contribution in [0.1, 0.15) is 12.5 Å². The van der Waals surface area contributed by atoms with Crippen LogP contribution in [0.5, 0.6) is 0 Å². The van der Waals surface area contributed by atoms with E-state index in [1.54, 1.807) is 18.2 Å². The summed E-state index contributed by atoms with van der Waals surface area (Å²) in [5, 5.41) is 10.8. The zero-order valence-corrected chi connectivity index (χ0v) is 13.0. The van der Waals surface area contributed by atoms with Gasteiger partial charge in [-0.1, -0.05) is 30.3 Å². The fourth-order valence-corrected chi connectivity index (χ4v) is 3.41. The fraction of sp³-hybridized carbons (Fsp3) is 0.0625. The van der Waals surface area contributed by atoms with E-state index in [2.05, 4.69) is 0 Å². The minimum atomic E-state index is -3.99. The molecule has 0 atom stereocenters. The lowest BCUT2D eigenvalue weighted by atomic mass is 10.2. The summed E-state index contributed by atoms with van der Waals surface area (Å²) < 4.78 is 25.1. The predicted molar refractivity (Wildman–Crippen MR) is 85.4 cm³/mol. The van der Waals surface area contributed by atoms with Gasteiger partial charge in [-0.3, -0.25) is 14.9 Å². The molecule has 0 spiro atoms. The first-order valence-corrected chi connectivity index (χ1v) is 8.08. The van der Waals surface area contributed by atoms with Gasteiger partial charge in [0.1, 0.15) is 4.91 Å². The largest absolute Gasteiger partial charge is 0.294 e. The number of benzene rings is 2. The van der Waals surface area contributed by atoms with Gasteiger partial charge in [-0.2, -0.15) is 0 Å². The van der Waals surface area contributed by atoms with Crippen LogP contribution in [0.4, 0.5) is 5.69 Å². The Labute approximate surface area is 133 Å². The molecule has 0 fully saturated rings. The van der Waals surface area contributed by atoms with Gasteiger partial charge in [-0.15, -0.1) is 0 Å². The molecule has 0 aromatic heterocycles. The molecule has 0 heterocycles. The highest BCUT2D eigenvalue weighted by Gasteiger charge is 2.24. The summed E-state index contributed by atoms with van der Waals surface area (Å²) in [5.41, 5.74) is 0.0858. The minimum Gasteiger partial charge on any atom is -0.294 e. The van der Waals surface area contributed by atoms with Gasteiger partial charge in [0.25, 0.3) is 5.69 Å². The van der Waals surface area contributed by atoms with Gasteiger partial charge in [-0.05, 0) is 30.7 Å². The van der Waals surface area contributed by atoms with Crippen molar-refractivity contribution in [2.24, 2.45) is 0 Å². The van der Waals surface area contributed by atoms with Crippen molar-refractivity contribution < 1.29 is 18.1 Å². The molecule has 0 saturated heterocycles. The number of nitro groups is 1. The SMILES string of the molecule is CC(=O)/C(=C\c1cccc([N+](=O)[O-])c1)S(=O)(=O)c1ccccc1. The molecule has 118 valence electrons. The summed E-state index contributed by atoms with van der Waals surface area (Å²) in [6, 6.07) is 13.0. The molecule has 0 saturated carbocycles. The third-order valence-corrected chi connectivity index (χ3v) is 4.95. The maximum Gasteiger partial charge on any atom is 0.270 e. The Morgan fingerprint density at radius 1 is 1.09 bits per heavy atom. The van der Waals surface area contributed by atoms with Crippen LogP contribution in [0.15, 0.2) is 64.4 Å². The van der Waals surface area contributed by atoms with E-state index in [9.17, 15) is 23.3 Å². The van der Waals surface area contributed by atoms with E-state index in [0.29, 0.717) is 0 Å². The number of rotatable bonds is 5. The average Bonchev–Trinajstić information content (AvgIpc) is 2.53. The topological polar surface area (TPSA) is 94.3 Å². The number of nitrogens with zero attached hydrogens (tertiary/aromatic N) is 1. The van der Waals surface area contributed by atoms with Gasteiger partial charge in [0, 0.05) is 12.1 Å². The molecular formula is C16H13NO5S. The molecule has 2 rings (SSSR count). The summed E-state index contributed by atoms with van der Waals surface area (Å²) in [5.74, 6) is -0.639. The number of sulfone groups is 1. The van der Waals surface area contributed by atoms with Crippen LogP contribution in [0, 0.1) is 10.1 Å². The van der Waals surface area contributed by atoms with E-state index in [1.165, 1.54) is 36.4 Å². The molecule has 0 aliphatic carbocycles. The molecular weight excluding hydrogens is 318 g/mol. The number of allylic oxidation sites excluding steroid dienone is 1. The van der Waals surface area contributed by atoms with Crippen molar-refractivity contribution in [3.05, 3.63) is 75.2 Å². The van der Waals surface area contributed by atoms with Gasteiger partial charge in [0.15, 0.2) is 5.78 Å². The highest BCUT2D eigenvalue weighted by atomic mass is 32.2. The number of Topliss-reactive ketones (excluding diaryl/α,β-unsaturated/α-hetero) is 1. The van der Waals surface area contributed by atoms with Crippen LogP contribution in [-0.2, 0) is 14.6 Å². The minimum absolute atomic E-state index is 0.00752. The van der Waals surface area contributed by atoms with Crippen molar-refractivity contribution in [1.29, 1.82) is 0 Å². The van der Waals surface area contributed by atoms with Gasteiger partial charge in [0.05, 0.1) is 9.82 Å². The van der Waals surface area contributed by atoms with Gasteiger partial charge >= 0.3 is 0 Å². The summed E-state index contributed by atoms with van der Waals surface area (Å²) in [4.78, 5) is 21.6. The number of nitro benzene ring substituents is 1. The van der Waals surface area contributed by atoms with Gasteiger partial charge in [0.2, 0.25) is 9.84 Å². The fourth-order valence-electron chi connectivity index (χ4n) is 1.97.